The first-order valence-electron chi connectivity index (χ1n) is 8.27. The Hall–Kier alpha value is -3.55. The smallest absolute Gasteiger partial charge is 0.337 e. The van der Waals surface area contributed by atoms with Crippen molar-refractivity contribution in [2.45, 2.75) is 6.42 Å². The number of methoxy groups -OCH3 is 1. The minimum absolute atomic E-state index is 0.255. The number of hydrogen-bond donors (Lipinski definition) is 2. The Morgan fingerprint density at radius 2 is 2.00 bits per heavy atom. The minimum atomic E-state index is -0.414. The van der Waals surface area contributed by atoms with E-state index in [0.29, 0.717) is 36.0 Å². The third-order valence-corrected chi connectivity index (χ3v) is 3.72. The third kappa shape index (κ3) is 5.21. The Morgan fingerprint density at radius 1 is 1.19 bits per heavy atom. The molecule has 1 aromatic heterocycles. The van der Waals surface area contributed by atoms with Crippen molar-refractivity contribution in [2.24, 2.45) is 0 Å². The topological polar surface area (TPSA) is 89.0 Å². The van der Waals surface area contributed by atoms with Crippen LogP contribution in [-0.2, 0) is 11.2 Å². The van der Waals surface area contributed by atoms with Crippen molar-refractivity contribution in [3.63, 3.8) is 0 Å². The van der Waals surface area contributed by atoms with Gasteiger partial charge in [-0.15, -0.1) is 5.10 Å². The van der Waals surface area contributed by atoms with Gasteiger partial charge in [0.25, 0.3) is 0 Å². The van der Waals surface area contributed by atoms with Crippen LogP contribution in [0, 0.1) is 5.82 Å². The van der Waals surface area contributed by atoms with E-state index in [0.717, 1.165) is 5.56 Å². The predicted molar refractivity (Wildman–Crippen MR) is 99.5 cm³/mol. The Kier molecular flexibility index (Phi) is 5.88. The summed E-state index contributed by atoms with van der Waals surface area (Å²) in [6.45, 7) is 0.578. The van der Waals surface area contributed by atoms with Gasteiger partial charge in [-0.2, -0.15) is 10.1 Å². The quantitative estimate of drug-likeness (QED) is 0.620. The van der Waals surface area contributed by atoms with E-state index in [-0.39, 0.29) is 5.82 Å². The van der Waals surface area contributed by atoms with Crippen LogP contribution in [0.25, 0.3) is 0 Å². The number of hydrogen-bond acceptors (Lipinski definition) is 7. The van der Waals surface area contributed by atoms with Crippen LogP contribution < -0.4 is 10.6 Å². The largest absolute Gasteiger partial charge is 0.465 e. The number of carbonyl (C=O) groups excluding carboxylic acids is 1. The fraction of sp³-hybridized carbons (Fsp3) is 0.158. The number of benzene rings is 2. The highest BCUT2D eigenvalue weighted by molar-refractivity contribution is 5.90. The zero-order valence-corrected chi connectivity index (χ0v) is 14.6. The molecule has 0 unspecified atom stereocenters. The van der Waals surface area contributed by atoms with Crippen LogP contribution in [0.2, 0.25) is 0 Å². The molecule has 138 valence electrons. The SMILES string of the molecule is COC(=O)c1cccc(Nc2cnnc(NCCc3ccc(F)cc3)n2)c1. The molecule has 2 N–H and O–H groups in total. The Balaban J connectivity index is 1.60. The molecule has 3 rings (SSSR count). The summed E-state index contributed by atoms with van der Waals surface area (Å²) in [6, 6.07) is 13.2. The van der Waals surface area contributed by atoms with Crippen molar-refractivity contribution in [3.05, 3.63) is 71.7 Å². The van der Waals surface area contributed by atoms with Crippen molar-refractivity contribution in [1.29, 1.82) is 0 Å². The molecule has 1 heterocycles. The van der Waals surface area contributed by atoms with E-state index >= 15 is 0 Å². The highest BCUT2D eigenvalue weighted by Gasteiger charge is 2.07. The molecule has 0 amide bonds. The Labute approximate surface area is 155 Å². The lowest BCUT2D eigenvalue weighted by Crippen LogP contribution is -2.10. The zero-order valence-electron chi connectivity index (χ0n) is 14.6. The Bertz CT molecular complexity index is 918. The van der Waals surface area contributed by atoms with Crippen molar-refractivity contribution in [1.82, 2.24) is 15.2 Å². The van der Waals surface area contributed by atoms with E-state index in [9.17, 15) is 9.18 Å². The van der Waals surface area contributed by atoms with Gasteiger partial charge in [0.05, 0.1) is 18.9 Å². The number of esters is 1. The van der Waals surface area contributed by atoms with Crippen LogP contribution in [0.5, 0.6) is 0 Å². The molecule has 0 bridgehead atoms. The van der Waals surface area contributed by atoms with E-state index in [1.165, 1.54) is 25.4 Å². The summed E-state index contributed by atoms with van der Waals surface area (Å²) in [5.74, 6) is 0.180. The van der Waals surface area contributed by atoms with Gasteiger partial charge in [-0.25, -0.2) is 9.18 Å². The molecule has 0 fully saturated rings. The first kappa shape index (κ1) is 18.2. The lowest BCUT2D eigenvalue weighted by molar-refractivity contribution is 0.0601. The molecule has 0 radical (unpaired) electrons. The summed E-state index contributed by atoms with van der Waals surface area (Å²) < 4.78 is 17.6. The number of carbonyl (C=O) groups is 1. The Morgan fingerprint density at radius 3 is 2.78 bits per heavy atom. The summed E-state index contributed by atoms with van der Waals surface area (Å²) in [5, 5.41) is 14.0. The van der Waals surface area contributed by atoms with Crippen molar-refractivity contribution in [3.8, 4) is 0 Å². The zero-order chi connectivity index (χ0) is 19.1. The molecule has 0 aliphatic carbocycles. The first-order chi connectivity index (χ1) is 13.1. The summed E-state index contributed by atoms with van der Waals surface area (Å²) in [7, 11) is 1.33. The number of nitrogens with zero attached hydrogens (tertiary/aromatic N) is 3. The second-order valence-electron chi connectivity index (χ2n) is 5.67. The molecule has 2 aromatic carbocycles. The minimum Gasteiger partial charge on any atom is -0.465 e. The molecule has 0 spiro atoms. The molecule has 0 saturated carbocycles. The molecule has 3 aromatic rings. The molecule has 0 saturated heterocycles. The van der Waals surface area contributed by atoms with Gasteiger partial charge in [0, 0.05) is 12.2 Å². The van der Waals surface area contributed by atoms with Gasteiger partial charge in [-0.1, -0.05) is 18.2 Å². The summed E-state index contributed by atoms with van der Waals surface area (Å²) in [6.07, 6.45) is 2.18. The molecule has 0 atom stereocenters. The van der Waals surface area contributed by atoms with Gasteiger partial charge < -0.3 is 15.4 Å². The highest BCUT2D eigenvalue weighted by Crippen LogP contribution is 2.16. The number of nitrogens with one attached hydrogen (secondary N) is 2. The van der Waals surface area contributed by atoms with E-state index < -0.39 is 5.97 Å². The highest BCUT2D eigenvalue weighted by atomic mass is 19.1. The van der Waals surface area contributed by atoms with Gasteiger partial charge in [-0.05, 0) is 42.3 Å². The monoisotopic (exact) mass is 367 g/mol. The summed E-state index contributed by atoms with van der Waals surface area (Å²) in [5.41, 5.74) is 2.11. The van der Waals surface area contributed by atoms with Crippen molar-refractivity contribution < 1.29 is 13.9 Å². The maximum atomic E-state index is 12.9. The van der Waals surface area contributed by atoms with Gasteiger partial charge in [0.2, 0.25) is 5.95 Å². The molecule has 0 aliphatic rings. The first-order valence-corrected chi connectivity index (χ1v) is 8.27. The van der Waals surface area contributed by atoms with Gasteiger partial charge in [0.1, 0.15) is 5.82 Å². The summed E-state index contributed by atoms with van der Waals surface area (Å²) >= 11 is 0. The molecule has 8 heteroatoms. The van der Waals surface area contributed by atoms with E-state index in [4.69, 9.17) is 4.74 Å². The molecular weight excluding hydrogens is 349 g/mol. The van der Waals surface area contributed by atoms with Crippen LogP contribution in [-0.4, -0.2) is 34.8 Å². The van der Waals surface area contributed by atoms with Crippen LogP contribution >= 0.6 is 0 Å². The molecule has 0 aliphatic heterocycles. The predicted octanol–water partition coefficient (Wildman–Crippen LogP) is 3.20. The number of ether oxygens (including phenoxy) is 1. The van der Waals surface area contributed by atoms with Crippen LogP contribution in [0.1, 0.15) is 15.9 Å². The number of halogens is 1. The maximum Gasteiger partial charge on any atom is 0.337 e. The van der Waals surface area contributed by atoms with Gasteiger partial charge in [0.15, 0.2) is 5.82 Å². The fourth-order valence-electron chi connectivity index (χ4n) is 2.40. The summed E-state index contributed by atoms with van der Waals surface area (Å²) in [4.78, 5) is 15.9. The normalized spacial score (nSPS) is 10.3. The standard InChI is InChI=1S/C19H18FN5O2/c1-27-18(26)14-3-2-4-16(11-14)23-17-12-22-25-19(24-17)21-10-9-13-5-7-15(20)8-6-13/h2-8,11-12H,9-10H2,1H3,(H2,21,23,24,25). The number of anilines is 3. The third-order valence-electron chi connectivity index (χ3n) is 3.72. The van der Waals surface area contributed by atoms with Crippen molar-refractivity contribution in [2.75, 3.05) is 24.3 Å². The molecular formula is C19H18FN5O2. The lowest BCUT2D eigenvalue weighted by atomic mass is 10.1. The van der Waals surface area contributed by atoms with Gasteiger partial charge in [-0.3, -0.25) is 0 Å². The van der Waals surface area contributed by atoms with Crippen LogP contribution in [0.3, 0.4) is 0 Å². The lowest BCUT2D eigenvalue weighted by Gasteiger charge is -2.08. The van der Waals surface area contributed by atoms with E-state index in [1.54, 1.807) is 36.4 Å². The molecule has 7 nitrogen and oxygen atoms in total. The number of aromatic nitrogens is 3. The van der Waals surface area contributed by atoms with E-state index in [1.807, 2.05) is 0 Å². The molecule has 27 heavy (non-hydrogen) atoms. The van der Waals surface area contributed by atoms with Crippen LogP contribution in [0.15, 0.2) is 54.7 Å². The average Bonchev–Trinajstić information content (AvgIpc) is 2.69. The fourth-order valence-corrected chi connectivity index (χ4v) is 2.40. The second-order valence-corrected chi connectivity index (χ2v) is 5.67. The average molecular weight is 367 g/mol. The van der Waals surface area contributed by atoms with Gasteiger partial charge >= 0.3 is 5.97 Å². The van der Waals surface area contributed by atoms with E-state index in [2.05, 4.69) is 25.8 Å². The maximum absolute atomic E-state index is 12.9. The number of rotatable bonds is 7. The van der Waals surface area contributed by atoms with Crippen LogP contribution in [0.4, 0.5) is 21.8 Å². The van der Waals surface area contributed by atoms with Crippen molar-refractivity contribution >= 4 is 23.4 Å². The second kappa shape index (κ2) is 8.70.